The number of amides is 3. The first kappa shape index (κ1) is 21.4. The van der Waals surface area contributed by atoms with E-state index < -0.39 is 6.09 Å². The van der Waals surface area contributed by atoms with Crippen LogP contribution in [-0.4, -0.2) is 59.3 Å². The Morgan fingerprint density at radius 1 is 1.07 bits per heavy atom. The second-order valence-electron chi connectivity index (χ2n) is 8.32. The average Bonchev–Trinajstić information content (AvgIpc) is 2.74. The van der Waals surface area contributed by atoms with Gasteiger partial charge < -0.3 is 21.1 Å². The van der Waals surface area contributed by atoms with E-state index in [1.165, 1.54) is 12.0 Å². The second kappa shape index (κ2) is 10.5. The van der Waals surface area contributed by atoms with Crippen LogP contribution >= 0.6 is 0 Å². The summed E-state index contributed by atoms with van der Waals surface area (Å²) in [6.07, 6.45) is 6.90. The standard InChI is InChI=1S/C22H34N4O3/c23-13-10-17-6-8-19(9-7-17)24-20-11-14-25(15-12-20)21(27)26(22(28)29)16-18-4-2-1-3-5-18/h6-9,18,20,24H,1-5,10-16,23H2,(H,28,29). The van der Waals surface area contributed by atoms with Crippen LogP contribution in [0.2, 0.25) is 0 Å². The number of hydrogen-bond acceptors (Lipinski definition) is 4. The number of anilines is 1. The number of likely N-dealkylation sites (tertiary alicyclic amines) is 1. The molecule has 1 aromatic rings. The van der Waals surface area contributed by atoms with Gasteiger partial charge in [-0.1, -0.05) is 31.4 Å². The summed E-state index contributed by atoms with van der Waals surface area (Å²) in [6, 6.07) is 8.24. The zero-order valence-electron chi connectivity index (χ0n) is 17.2. The number of benzene rings is 1. The summed E-state index contributed by atoms with van der Waals surface area (Å²) < 4.78 is 0. The molecule has 1 aliphatic heterocycles. The van der Waals surface area contributed by atoms with E-state index in [4.69, 9.17) is 5.73 Å². The molecule has 3 amide bonds. The third-order valence-corrected chi connectivity index (χ3v) is 6.15. The minimum Gasteiger partial charge on any atom is -0.465 e. The zero-order chi connectivity index (χ0) is 20.6. The molecule has 0 atom stereocenters. The molecule has 29 heavy (non-hydrogen) atoms. The molecular weight excluding hydrogens is 368 g/mol. The van der Waals surface area contributed by atoms with Crippen molar-refractivity contribution >= 4 is 17.8 Å². The third-order valence-electron chi connectivity index (χ3n) is 6.15. The van der Waals surface area contributed by atoms with Gasteiger partial charge in [-0.05, 0) is 62.3 Å². The summed E-state index contributed by atoms with van der Waals surface area (Å²) in [6.45, 7) is 2.14. The van der Waals surface area contributed by atoms with Crippen LogP contribution in [0.3, 0.4) is 0 Å². The maximum atomic E-state index is 12.8. The van der Waals surface area contributed by atoms with Gasteiger partial charge in [0.2, 0.25) is 0 Å². The number of carbonyl (C=O) groups is 2. The summed E-state index contributed by atoms with van der Waals surface area (Å²) in [7, 11) is 0. The maximum absolute atomic E-state index is 12.8. The number of nitrogens with two attached hydrogens (primary N) is 1. The number of hydrogen-bond donors (Lipinski definition) is 3. The van der Waals surface area contributed by atoms with Gasteiger partial charge in [-0.2, -0.15) is 0 Å². The smallest absolute Gasteiger partial charge is 0.415 e. The molecule has 7 nitrogen and oxygen atoms in total. The lowest BCUT2D eigenvalue weighted by Crippen LogP contribution is -2.51. The fourth-order valence-electron chi connectivity index (χ4n) is 4.42. The van der Waals surface area contributed by atoms with Crippen LogP contribution in [0.5, 0.6) is 0 Å². The molecule has 1 heterocycles. The van der Waals surface area contributed by atoms with Crippen LogP contribution < -0.4 is 11.1 Å². The minimum atomic E-state index is -1.13. The Hall–Kier alpha value is -2.28. The molecule has 7 heteroatoms. The van der Waals surface area contributed by atoms with Crippen molar-refractivity contribution in [3.8, 4) is 0 Å². The summed E-state index contributed by atoms with van der Waals surface area (Å²) >= 11 is 0. The molecule has 0 unspecified atom stereocenters. The number of urea groups is 1. The molecule has 0 spiro atoms. The first-order valence-corrected chi connectivity index (χ1v) is 10.9. The molecule has 1 aromatic carbocycles. The predicted molar refractivity (Wildman–Crippen MR) is 114 cm³/mol. The molecular formula is C22H34N4O3. The number of carboxylic acid groups (broad SMARTS) is 1. The van der Waals surface area contributed by atoms with Crippen molar-refractivity contribution in [2.24, 2.45) is 11.7 Å². The number of carbonyl (C=O) groups excluding carboxylic acids is 1. The lowest BCUT2D eigenvalue weighted by molar-refractivity contribution is 0.112. The quantitative estimate of drug-likeness (QED) is 0.673. The molecule has 1 saturated heterocycles. The Labute approximate surface area is 173 Å². The molecule has 0 radical (unpaired) electrons. The first-order valence-electron chi connectivity index (χ1n) is 10.9. The van der Waals surface area contributed by atoms with Gasteiger partial charge in [0.15, 0.2) is 0 Å². The Morgan fingerprint density at radius 3 is 2.31 bits per heavy atom. The van der Waals surface area contributed by atoms with Crippen LogP contribution in [-0.2, 0) is 6.42 Å². The Balaban J connectivity index is 1.49. The molecule has 4 N–H and O–H groups in total. The molecule has 3 rings (SSSR count). The maximum Gasteiger partial charge on any atom is 0.415 e. The van der Waals surface area contributed by atoms with Gasteiger partial charge in [0.1, 0.15) is 0 Å². The highest BCUT2D eigenvalue weighted by atomic mass is 16.4. The minimum absolute atomic E-state index is 0.288. The SMILES string of the molecule is NCCc1ccc(NC2CCN(C(=O)N(CC3CCCCC3)C(=O)O)CC2)cc1. The van der Waals surface area contributed by atoms with Crippen molar-refractivity contribution in [3.05, 3.63) is 29.8 Å². The van der Waals surface area contributed by atoms with Crippen LogP contribution in [0.15, 0.2) is 24.3 Å². The molecule has 2 fully saturated rings. The highest BCUT2D eigenvalue weighted by Gasteiger charge is 2.31. The van der Waals surface area contributed by atoms with E-state index in [-0.39, 0.29) is 12.1 Å². The van der Waals surface area contributed by atoms with Gasteiger partial charge in [-0.25, -0.2) is 14.5 Å². The van der Waals surface area contributed by atoms with Crippen LogP contribution in [0.25, 0.3) is 0 Å². The van der Waals surface area contributed by atoms with Crippen LogP contribution in [0.1, 0.15) is 50.5 Å². The van der Waals surface area contributed by atoms with Gasteiger partial charge in [0.25, 0.3) is 0 Å². The lowest BCUT2D eigenvalue weighted by atomic mass is 9.89. The normalized spacial score (nSPS) is 18.4. The van der Waals surface area contributed by atoms with Crippen LogP contribution in [0.4, 0.5) is 15.3 Å². The van der Waals surface area contributed by atoms with E-state index in [1.807, 2.05) is 0 Å². The van der Waals surface area contributed by atoms with Crippen molar-refractivity contribution in [3.63, 3.8) is 0 Å². The van der Waals surface area contributed by atoms with Crippen LogP contribution in [0, 0.1) is 5.92 Å². The molecule has 1 saturated carbocycles. The van der Waals surface area contributed by atoms with Crippen molar-refractivity contribution in [1.82, 2.24) is 9.80 Å². The highest BCUT2D eigenvalue weighted by Crippen LogP contribution is 2.25. The van der Waals surface area contributed by atoms with E-state index in [1.54, 1.807) is 4.90 Å². The van der Waals surface area contributed by atoms with Crippen molar-refractivity contribution in [2.45, 2.75) is 57.4 Å². The molecule has 2 aliphatic rings. The topological polar surface area (TPSA) is 98.9 Å². The van der Waals surface area contributed by atoms with E-state index in [0.29, 0.717) is 32.1 Å². The number of nitrogens with zero attached hydrogens (tertiary/aromatic N) is 2. The second-order valence-corrected chi connectivity index (χ2v) is 8.32. The van der Waals surface area contributed by atoms with Crippen molar-refractivity contribution < 1.29 is 14.7 Å². The van der Waals surface area contributed by atoms with E-state index in [2.05, 4.69) is 29.6 Å². The zero-order valence-corrected chi connectivity index (χ0v) is 17.2. The highest BCUT2D eigenvalue weighted by molar-refractivity contribution is 5.90. The van der Waals surface area contributed by atoms with E-state index in [9.17, 15) is 14.7 Å². The Bertz CT molecular complexity index is 665. The number of rotatable bonds is 6. The first-order chi connectivity index (χ1) is 14.1. The fourth-order valence-corrected chi connectivity index (χ4v) is 4.42. The fraction of sp³-hybridized carbons (Fsp3) is 0.636. The average molecular weight is 403 g/mol. The van der Waals surface area contributed by atoms with E-state index in [0.717, 1.165) is 55.5 Å². The largest absolute Gasteiger partial charge is 0.465 e. The number of piperidine rings is 1. The monoisotopic (exact) mass is 402 g/mol. The summed E-state index contributed by atoms with van der Waals surface area (Å²) in [5.41, 5.74) is 7.89. The van der Waals surface area contributed by atoms with Gasteiger partial charge in [0.05, 0.1) is 0 Å². The Morgan fingerprint density at radius 2 is 1.72 bits per heavy atom. The summed E-state index contributed by atoms with van der Waals surface area (Å²) in [5, 5.41) is 13.1. The van der Waals surface area contributed by atoms with E-state index >= 15 is 0 Å². The van der Waals surface area contributed by atoms with Gasteiger partial charge in [-0.3, -0.25) is 0 Å². The summed E-state index contributed by atoms with van der Waals surface area (Å²) in [4.78, 5) is 27.2. The Kier molecular flexibility index (Phi) is 7.75. The predicted octanol–water partition coefficient (Wildman–Crippen LogP) is 3.74. The lowest BCUT2D eigenvalue weighted by Gasteiger charge is -2.36. The number of nitrogens with one attached hydrogen (secondary N) is 1. The van der Waals surface area contributed by atoms with Crippen molar-refractivity contribution in [1.29, 1.82) is 0 Å². The number of imide groups is 1. The molecule has 160 valence electrons. The molecule has 0 bridgehead atoms. The van der Waals surface area contributed by atoms with Gasteiger partial charge >= 0.3 is 12.1 Å². The third kappa shape index (κ3) is 6.10. The van der Waals surface area contributed by atoms with Gasteiger partial charge in [-0.15, -0.1) is 0 Å². The summed E-state index contributed by atoms with van der Waals surface area (Å²) in [5.74, 6) is 0.310. The van der Waals surface area contributed by atoms with Gasteiger partial charge in [0, 0.05) is 31.4 Å². The molecule has 0 aromatic heterocycles. The van der Waals surface area contributed by atoms with Crippen molar-refractivity contribution in [2.75, 3.05) is 31.5 Å². The molecule has 1 aliphatic carbocycles.